The van der Waals surface area contributed by atoms with E-state index in [1.165, 1.54) is 10.9 Å². The Bertz CT molecular complexity index is 609. The lowest BCUT2D eigenvalue weighted by molar-refractivity contribution is 1.63. The first kappa shape index (κ1) is 9.17. The van der Waals surface area contributed by atoms with Crippen molar-refractivity contribution in [3.05, 3.63) is 72.8 Å². The van der Waals surface area contributed by atoms with Crippen molar-refractivity contribution in [2.45, 2.75) is 0 Å². The van der Waals surface area contributed by atoms with Gasteiger partial charge in [-0.15, -0.1) is 0 Å². The SMILES string of the molecule is [c]1ccc(-c2[c]c3ccccc3cc2)cc1. The Balaban J connectivity index is 2.19. The molecule has 0 aromatic heterocycles. The van der Waals surface area contributed by atoms with Crippen molar-refractivity contribution in [2.24, 2.45) is 0 Å². The molecule has 0 fully saturated rings. The van der Waals surface area contributed by atoms with Crippen LogP contribution >= 0.6 is 0 Å². The van der Waals surface area contributed by atoms with E-state index < -0.39 is 0 Å². The highest BCUT2D eigenvalue weighted by atomic mass is 14.0. The van der Waals surface area contributed by atoms with E-state index in [4.69, 9.17) is 0 Å². The quantitative estimate of drug-likeness (QED) is 0.557. The topological polar surface area (TPSA) is 0 Å². The van der Waals surface area contributed by atoms with Gasteiger partial charge in [0.25, 0.3) is 0 Å². The van der Waals surface area contributed by atoms with Gasteiger partial charge in [-0.05, 0) is 34.0 Å². The lowest BCUT2D eigenvalue weighted by Gasteiger charge is -2.02. The normalized spacial score (nSPS) is 10.5. The molecule has 0 spiro atoms. The predicted octanol–water partition coefficient (Wildman–Crippen LogP) is 4.11. The van der Waals surface area contributed by atoms with E-state index in [2.05, 4.69) is 48.5 Å². The van der Waals surface area contributed by atoms with Gasteiger partial charge in [-0.2, -0.15) is 0 Å². The molecular formula is C16H10. The number of rotatable bonds is 1. The summed E-state index contributed by atoms with van der Waals surface area (Å²) >= 11 is 0. The second-order valence-corrected chi connectivity index (χ2v) is 3.75. The average molecular weight is 202 g/mol. The van der Waals surface area contributed by atoms with Crippen molar-refractivity contribution in [1.82, 2.24) is 0 Å². The molecule has 0 heteroatoms. The largest absolute Gasteiger partial charge is 0.0616 e. The van der Waals surface area contributed by atoms with Crippen molar-refractivity contribution in [2.75, 3.05) is 0 Å². The molecule has 0 aliphatic carbocycles. The third kappa shape index (κ3) is 1.59. The van der Waals surface area contributed by atoms with Crippen molar-refractivity contribution in [3.63, 3.8) is 0 Å². The third-order valence-electron chi connectivity index (χ3n) is 2.69. The molecule has 0 aliphatic heterocycles. The smallest absolute Gasteiger partial charge is 0.00143 e. The third-order valence-corrected chi connectivity index (χ3v) is 2.69. The van der Waals surface area contributed by atoms with Crippen LogP contribution in [0.25, 0.3) is 21.9 Å². The fraction of sp³-hybridized carbons (Fsp3) is 0. The average Bonchev–Trinajstić information content (AvgIpc) is 2.39. The lowest BCUT2D eigenvalue weighted by atomic mass is 10.0. The van der Waals surface area contributed by atoms with Crippen LogP contribution in [0.2, 0.25) is 0 Å². The summed E-state index contributed by atoms with van der Waals surface area (Å²) in [6, 6.07) is 27.0. The number of benzene rings is 3. The Labute approximate surface area is 95.2 Å². The van der Waals surface area contributed by atoms with E-state index >= 15 is 0 Å². The molecule has 0 N–H and O–H groups in total. The van der Waals surface area contributed by atoms with Crippen LogP contribution in [0.3, 0.4) is 0 Å². The van der Waals surface area contributed by atoms with Gasteiger partial charge in [0.05, 0.1) is 0 Å². The molecule has 0 saturated carbocycles. The van der Waals surface area contributed by atoms with Crippen LogP contribution in [-0.4, -0.2) is 0 Å². The van der Waals surface area contributed by atoms with Gasteiger partial charge in [0.2, 0.25) is 0 Å². The predicted molar refractivity (Wildman–Crippen MR) is 67.1 cm³/mol. The molecule has 0 heterocycles. The van der Waals surface area contributed by atoms with Crippen molar-refractivity contribution in [3.8, 4) is 11.1 Å². The monoisotopic (exact) mass is 202 g/mol. The standard InChI is InChI=1S/C16H10/c1-2-6-13(7-3-1)16-11-10-14-8-4-5-9-15(14)12-16/h2-11H. The van der Waals surface area contributed by atoms with Crippen LogP contribution in [0.1, 0.15) is 0 Å². The maximum atomic E-state index is 3.43. The Morgan fingerprint density at radius 1 is 0.750 bits per heavy atom. The minimum absolute atomic E-state index is 1.13. The highest BCUT2D eigenvalue weighted by molar-refractivity contribution is 5.86. The van der Waals surface area contributed by atoms with Gasteiger partial charge in [-0.1, -0.05) is 60.7 Å². The van der Waals surface area contributed by atoms with Crippen molar-refractivity contribution in [1.29, 1.82) is 0 Å². The van der Waals surface area contributed by atoms with Gasteiger partial charge in [-0.3, -0.25) is 0 Å². The molecule has 0 atom stereocenters. The van der Waals surface area contributed by atoms with Gasteiger partial charge in [0.15, 0.2) is 0 Å². The van der Waals surface area contributed by atoms with Gasteiger partial charge in [0, 0.05) is 0 Å². The molecular weight excluding hydrogens is 192 g/mol. The first-order valence-corrected chi connectivity index (χ1v) is 5.31. The summed E-state index contributed by atoms with van der Waals surface area (Å²) < 4.78 is 0. The van der Waals surface area contributed by atoms with Crippen LogP contribution in [0.5, 0.6) is 0 Å². The summed E-state index contributed by atoms with van der Waals surface area (Å²) in [6.45, 7) is 0. The summed E-state index contributed by atoms with van der Waals surface area (Å²) in [5, 5.41) is 2.39. The van der Waals surface area contributed by atoms with Gasteiger partial charge in [0.1, 0.15) is 0 Å². The van der Waals surface area contributed by atoms with E-state index in [1.54, 1.807) is 0 Å². The fourth-order valence-electron chi connectivity index (χ4n) is 1.85. The van der Waals surface area contributed by atoms with Crippen molar-refractivity contribution >= 4 is 10.8 Å². The van der Waals surface area contributed by atoms with Gasteiger partial charge < -0.3 is 0 Å². The molecule has 16 heavy (non-hydrogen) atoms. The molecule has 0 nitrogen and oxygen atoms in total. The molecule has 74 valence electrons. The highest BCUT2D eigenvalue weighted by Crippen LogP contribution is 2.23. The van der Waals surface area contributed by atoms with Crippen LogP contribution in [-0.2, 0) is 0 Å². The Morgan fingerprint density at radius 2 is 1.56 bits per heavy atom. The van der Waals surface area contributed by atoms with Gasteiger partial charge >= 0.3 is 0 Å². The summed E-state index contributed by atoms with van der Waals surface area (Å²) in [7, 11) is 0. The zero-order valence-corrected chi connectivity index (χ0v) is 8.77. The maximum absolute atomic E-state index is 3.43. The van der Waals surface area contributed by atoms with Crippen LogP contribution in [0.4, 0.5) is 0 Å². The van der Waals surface area contributed by atoms with Crippen molar-refractivity contribution < 1.29 is 0 Å². The molecule has 0 bridgehead atoms. The van der Waals surface area contributed by atoms with E-state index in [9.17, 15) is 0 Å². The summed E-state index contributed by atoms with van der Waals surface area (Å²) in [4.78, 5) is 0. The number of fused-ring (bicyclic) bond motifs is 1. The van der Waals surface area contributed by atoms with Gasteiger partial charge in [-0.25, -0.2) is 0 Å². The Hall–Kier alpha value is -2.08. The fourth-order valence-corrected chi connectivity index (χ4v) is 1.85. The number of hydrogen-bond donors (Lipinski definition) is 0. The van der Waals surface area contributed by atoms with E-state index in [0.29, 0.717) is 0 Å². The summed E-state index contributed by atoms with van der Waals surface area (Å²) in [5.41, 5.74) is 2.32. The van der Waals surface area contributed by atoms with E-state index in [1.807, 2.05) is 24.3 Å². The minimum Gasteiger partial charge on any atom is -0.0616 e. The molecule has 3 aromatic carbocycles. The zero-order chi connectivity index (χ0) is 10.8. The second-order valence-electron chi connectivity index (χ2n) is 3.75. The molecule has 2 radical (unpaired) electrons. The number of hydrogen-bond acceptors (Lipinski definition) is 0. The summed E-state index contributed by atoms with van der Waals surface area (Å²) in [5.74, 6) is 0. The molecule has 3 rings (SSSR count). The van der Waals surface area contributed by atoms with E-state index in [-0.39, 0.29) is 0 Å². The highest BCUT2D eigenvalue weighted by Gasteiger charge is 1.98. The molecule has 0 saturated heterocycles. The maximum Gasteiger partial charge on any atom is -0.00143 e. The summed E-state index contributed by atoms with van der Waals surface area (Å²) in [6.07, 6.45) is 0. The first-order chi connectivity index (χ1) is 7.93. The van der Waals surface area contributed by atoms with Crippen LogP contribution < -0.4 is 0 Å². The lowest BCUT2D eigenvalue weighted by Crippen LogP contribution is -1.78. The van der Waals surface area contributed by atoms with Crippen LogP contribution in [0, 0.1) is 12.1 Å². The van der Waals surface area contributed by atoms with Crippen LogP contribution in [0.15, 0.2) is 60.7 Å². The van der Waals surface area contributed by atoms with E-state index in [0.717, 1.165) is 10.9 Å². The molecule has 0 amide bonds. The molecule has 0 unspecified atom stereocenters. The molecule has 0 aliphatic rings. The first-order valence-electron chi connectivity index (χ1n) is 5.31. The Kier molecular flexibility index (Phi) is 2.19. The second kappa shape index (κ2) is 3.82. The molecule has 3 aromatic rings. The minimum atomic E-state index is 1.13. The Morgan fingerprint density at radius 3 is 2.44 bits per heavy atom. The zero-order valence-electron chi connectivity index (χ0n) is 8.77.